The molecule has 3 heterocycles. The number of carbonyl (C=O) groups excluding carboxylic acids is 1. The normalized spacial score (nSPS) is 31.6. The lowest BCUT2D eigenvalue weighted by Crippen LogP contribution is -2.35. The number of rotatable bonds is 3. The molecule has 4 unspecified atom stereocenters. The van der Waals surface area contributed by atoms with Gasteiger partial charge in [0.25, 0.3) is 0 Å². The zero-order valence-electron chi connectivity index (χ0n) is 15.1. The van der Waals surface area contributed by atoms with Crippen LogP contribution in [0.3, 0.4) is 0 Å². The summed E-state index contributed by atoms with van der Waals surface area (Å²) in [6, 6.07) is 3.01. The number of carbonyl (C=O) groups is 1. The molecular weight excluding hydrogens is 367 g/mol. The van der Waals surface area contributed by atoms with Crippen LogP contribution in [0.15, 0.2) is 24.5 Å². The first-order chi connectivity index (χ1) is 13.5. The van der Waals surface area contributed by atoms with Crippen LogP contribution in [0.4, 0.5) is 14.9 Å². The van der Waals surface area contributed by atoms with Crippen molar-refractivity contribution < 1.29 is 24.1 Å². The van der Waals surface area contributed by atoms with Gasteiger partial charge in [0, 0.05) is 6.20 Å². The van der Waals surface area contributed by atoms with Crippen LogP contribution in [-0.4, -0.2) is 55.7 Å². The van der Waals surface area contributed by atoms with Crippen molar-refractivity contribution in [2.75, 3.05) is 4.90 Å². The average Bonchev–Trinajstić information content (AvgIpc) is 3.36. The molecular formula is C19H21FN4O4. The second-order valence-corrected chi connectivity index (χ2v) is 7.84. The maximum atomic E-state index is 14.9. The Kier molecular flexibility index (Phi) is 4.09. The fourth-order valence-corrected chi connectivity index (χ4v) is 4.71. The standard InChI is InChI=1S/C19H21FN4O4/c20-13-8-14-11(5-12(13)10-1-2-16(25)17(26)7-10)6-15-18(28-19(27)24(14)15)9-23-4-3-21-22-23/h3-5,8,10,15-18,25-26H,1-2,6-7,9H2/t10?,15-,16?,17?,18?/m0/s1. The molecule has 0 radical (unpaired) electrons. The molecule has 148 valence electrons. The van der Waals surface area contributed by atoms with Crippen LogP contribution in [0.1, 0.15) is 36.3 Å². The van der Waals surface area contributed by atoms with Gasteiger partial charge in [-0.25, -0.2) is 13.9 Å². The van der Waals surface area contributed by atoms with Crippen molar-refractivity contribution >= 4 is 11.8 Å². The summed E-state index contributed by atoms with van der Waals surface area (Å²) in [4.78, 5) is 13.9. The van der Waals surface area contributed by atoms with Gasteiger partial charge in [-0.2, -0.15) is 0 Å². The van der Waals surface area contributed by atoms with Gasteiger partial charge in [-0.15, -0.1) is 5.10 Å². The Labute approximate surface area is 160 Å². The minimum atomic E-state index is -0.837. The Morgan fingerprint density at radius 1 is 1.25 bits per heavy atom. The van der Waals surface area contributed by atoms with E-state index in [9.17, 15) is 19.4 Å². The molecule has 2 aromatic rings. The zero-order valence-corrected chi connectivity index (χ0v) is 15.1. The van der Waals surface area contributed by atoms with Crippen LogP contribution in [0, 0.1) is 5.82 Å². The number of fused-ring (bicyclic) bond motifs is 3. The quantitative estimate of drug-likeness (QED) is 0.823. The SMILES string of the molecule is O=C1OC(Cn2ccnn2)[C@@H]2Cc3cc(C4CCC(O)C(O)C4)c(F)cc3N12. The lowest BCUT2D eigenvalue weighted by atomic mass is 9.80. The number of amides is 1. The van der Waals surface area contributed by atoms with E-state index in [4.69, 9.17) is 4.74 Å². The third-order valence-electron chi connectivity index (χ3n) is 6.16. The smallest absolute Gasteiger partial charge is 0.415 e. The zero-order chi connectivity index (χ0) is 19.4. The van der Waals surface area contributed by atoms with Crippen LogP contribution in [0.2, 0.25) is 0 Å². The van der Waals surface area contributed by atoms with Crippen molar-refractivity contribution in [1.82, 2.24) is 15.0 Å². The highest BCUT2D eigenvalue weighted by atomic mass is 19.1. The number of cyclic esters (lactones) is 1. The first kappa shape index (κ1) is 17.6. The van der Waals surface area contributed by atoms with E-state index < -0.39 is 18.3 Å². The van der Waals surface area contributed by atoms with Crippen molar-refractivity contribution in [3.05, 3.63) is 41.5 Å². The van der Waals surface area contributed by atoms with Crippen LogP contribution in [0.5, 0.6) is 0 Å². The number of hydrogen-bond donors (Lipinski definition) is 2. The number of aliphatic hydroxyl groups is 2. The van der Waals surface area contributed by atoms with E-state index in [0.29, 0.717) is 43.5 Å². The van der Waals surface area contributed by atoms with E-state index >= 15 is 0 Å². The van der Waals surface area contributed by atoms with Crippen LogP contribution < -0.4 is 4.90 Å². The summed E-state index contributed by atoms with van der Waals surface area (Å²) in [7, 11) is 0. The molecule has 1 saturated carbocycles. The molecule has 1 amide bonds. The Morgan fingerprint density at radius 2 is 2.11 bits per heavy atom. The highest BCUT2D eigenvalue weighted by Crippen LogP contribution is 2.43. The van der Waals surface area contributed by atoms with E-state index in [2.05, 4.69) is 10.3 Å². The number of ether oxygens (including phenoxy) is 1. The molecule has 3 aliphatic rings. The third-order valence-corrected chi connectivity index (χ3v) is 6.16. The number of halogens is 1. The van der Waals surface area contributed by atoms with E-state index in [0.717, 1.165) is 5.56 Å². The Balaban J connectivity index is 1.42. The van der Waals surface area contributed by atoms with Crippen LogP contribution >= 0.6 is 0 Å². The lowest BCUT2D eigenvalue weighted by Gasteiger charge is -2.30. The first-order valence-corrected chi connectivity index (χ1v) is 9.53. The van der Waals surface area contributed by atoms with Gasteiger partial charge in [0.15, 0.2) is 0 Å². The number of hydrogen-bond acceptors (Lipinski definition) is 6. The molecule has 5 atom stereocenters. The molecule has 1 saturated heterocycles. The summed E-state index contributed by atoms with van der Waals surface area (Å²) >= 11 is 0. The Morgan fingerprint density at radius 3 is 2.86 bits per heavy atom. The van der Waals surface area contributed by atoms with Crippen LogP contribution in [-0.2, 0) is 17.7 Å². The minimum absolute atomic E-state index is 0.142. The van der Waals surface area contributed by atoms with Gasteiger partial charge in [-0.05, 0) is 48.8 Å². The highest BCUT2D eigenvalue weighted by molar-refractivity contribution is 5.93. The third kappa shape index (κ3) is 2.77. The Hall–Kier alpha value is -2.52. The van der Waals surface area contributed by atoms with Gasteiger partial charge in [0.1, 0.15) is 11.9 Å². The number of aliphatic hydroxyl groups excluding tert-OH is 2. The topological polar surface area (TPSA) is 101 Å². The van der Waals surface area contributed by atoms with Crippen LogP contribution in [0.25, 0.3) is 0 Å². The lowest BCUT2D eigenvalue weighted by molar-refractivity contribution is -0.0152. The van der Waals surface area contributed by atoms with Gasteiger partial charge in [0.2, 0.25) is 0 Å². The van der Waals surface area contributed by atoms with E-state index in [-0.39, 0.29) is 23.9 Å². The monoisotopic (exact) mass is 388 g/mol. The molecule has 0 spiro atoms. The maximum Gasteiger partial charge on any atom is 0.415 e. The van der Waals surface area contributed by atoms with Gasteiger partial charge < -0.3 is 14.9 Å². The fourth-order valence-electron chi connectivity index (χ4n) is 4.71. The van der Waals surface area contributed by atoms with Crippen molar-refractivity contribution in [2.45, 2.75) is 62.5 Å². The van der Waals surface area contributed by atoms with Gasteiger partial charge in [-0.3, -0.25) is 4.90 Å². The molecule has 9 heteroatoms. The van der Waals surface area contributed by atoms with Gasteiger partial charge >= 0.3 is 6.09 Å². The number of benzene rings is 1. The summed E-state index contributed by atoms with van der Waals surface area (Å²) < 4.78 is 22.0. The molecule has 2 N–H and O–H groups in total. The van der Waals surface area contributed by atoms with E-state index in [1.807, 2.05) is 6.07 Å². The second kappa shape index (κ2) is 6.52. The Bertz CT molecular complexity index is 906. The maximum absolute atomic E-state index is 14.9. The number of nitrogens with zero attached hydrogens (tertiary/aromatic N) is 4. The van der Waals surface area contributed by atoms with Crippen molar-refractivity contribution in [3.8, 4) is 0 Å². The molecule has 1 aromatic heterocycles. The summed E-state index contributed by atoms with van der Waals surface area (Å²) in [6.45, 7) is 0.392. The number of anilines is 1. The largest absolute Gasteiger partial charge is 0.442 e. The summed E-state index contributed by atoms with van der Waals surface area (Å²) in [5, 5.41) is 27.4. The van der Waals surface area contributed by atoms with Crippen molar-refractivity contribution in [3.63, 3.8) is 0 Å². The van der Waals surface area contributed by atoms with E-state index in [1.165, 1.54) is 11.0 Å². The van der Waals surface area contributed by atoms with Crippen molar-refractivity contribution in [1.29, 1.82) is 0 Å². The molecule has 8 nitrogen and oxygen atoms in total. The van der Waals surface area contributed by atoms with Gasteiger partial charge in [0.05, 0.1) is 36.7 Å². The molecule has 2 aliphatic heterocycles. The molecule has 0 bridgehead atoms. The first-order valence-electron chi connectivity index (χ1n) is 9.53. The molecule has 5 rings (SSSR count). The van der Waals surface area contributed by atoms with Crippen molar-refractivity contribution in [2.24, 2.45) is 0 Å². The highest BCUT2D eigenvalue weighted by Gasteiger charge is 2.48. The van der Waals surface area contributed by atoms with E-state index in [1.54, 1.807) is 17.1 Å². The number of aromatic nitrogens is 3. The molecule has 2 fully saturated rings. The predicted molar refractivity (Wildman–Crippen MR) is 95.3 cm³/mol. The molecule has 28 heavy (non-hydrogen) atoms. The summed E-state index contributed by atoms with van der Waals surface area (Å²) in [6.07, 6.45) is 2.81. The van der Waals surface area contributed by atoms with Gasteiger partial charge in [-0.1, -0.05) is 11.3 Å². The summed E-state index contributed by atoms with van der Waals surface area (Å²) in [5.41, 5.74) is 2.00. The molecule has 1 aromatic carbocycles. The average molecular weight is 388 g/mol. The minimum Gasteiger partial charge on any atom is -0.442 e. The fraction of sp³-hybridized carbons (Fsp3) is 0.526. The second-order valence-electron chi connectivity index (χ2n) is 7.84. The predicted octanol–water partition coefficient (Wildman–Crippen LogP) is 1.36. The molecule has 1 aliphatic carbocycles. The summed E-state index contributed by atoms with van der Waals surface area (Å²) in [5.74, 6) is -0.530.